The lowest BCUT2D eigenvalue weighted by Crippen LogP contribution is -2.24. The van der Waals surface area contributed by atoms with Gasteiger partial charge >= 0.3 is 5.97 Å². The minimum atomic E-state index is -1.13. The Morgan fingerprint density at radius 1 is 1.64 bits per heavy atom. The van der Waals surface area contributed by atoms with Crippen molar-refractivity contribution in [2.75, 3.05) is 6.61 Å². The second kappa shape index (κ2) is 2.82. The summed E-state index contributed by atoms with van der Waals surface area (Å²) in [5.41, 5.74) is 0. The molecule has 1 rings (SSSR count). The average Bonchev–Trinajstić information content (AvgIpc) is 2.30. The fraction of sp³-hybridized carbons (Fsp3) is 0.571. The van der Waals surface area contributed by atoms with Crippen molar-refractivity contribution in [1.82, 2.24) is 0 Å². The number of rotatable bonds is 2. The Kier molecular flexibility index (Phi) is 2.03. The van der Waals surface area contributed by atoms with Crippen LogP contribution in [0.1, 0.15) is 13.3 Å². The summed E-state index contributed by atoms with van der Waals surface area (Å²) < 4.78 is 4.39. The van der Waals surface area contributed by atoms with Crippen LogP contribution in [0.25, 0.3) is 0 Å². The second-order valence-electron chi connectivity index (χ2n) is 2.33. The summed E-state index contributed by atoms with van der Waals surface area (Å²) in [6.07, 6.45) is 0.200. The van der Waals surface area contributed by atoms with Crippen LogP contribution in [0.4, 0.5) is 0 Å². The predicted molar refractivity (Wildman–Crippen MR) is 34.8 cm³/mol. The molecule has 11 heavy (non-hydrogen) atoms. The van der Waals surface area contributed by atoms with Crippen LogP contribution in [0.3, 0.4) is 0 Å². The van der Waals surface area contributed by atoms with Gasteiger partial charge in [-0.25, -0.2) is 0 Å². The van der Waals surface area contributed by atoms with Crippen molar-refractivity contribution in [3.8, 4) is 0 Å². The molecule has 4 heteroatoms. The van der Waals surface area contributed by atoms with Crippen LogP contribution in [0.15, 0.2) is 0 Å². The van der Waals surface area contributed by atoms with E-state index in [1.54, 1.807) is 6.92 Å². The zero-order valence-electron chi connectivity index (χ0n) is 6.12. The lowest BCUT2D eigenvalue weighted by atomic mass is 10.0. The minimum absolute atomic E-state index is 0.200. The third-order valence-corrected chi connectivity index (χ3v) is 1.58. The highest BCUT2D eigenvalue weighted by Crippen LogP contribution is 2.12. The number of esters is 1. The normalized spacial score (nSPS) is 23.5. The molecule has 0 aromatic carbocycles. The van der Waals surface area contributed by atoms with Crippen molar-refractivity contribution in [2.24, 2.45) is 5.92 Å². The monoisotopic (exact) mass is 156 g/mol. The average molecular weight is 156 g/mol. The maximum absolute atomic E-state index is 10.9. The van der Waals surface area contributed by atoms with Crippen molar-refractivity contribution in [3.05, 3.63) is 0 Å². The molecule has 0 N–H and O–H groups in total. The Hall–Kier alpha value is -1.19. The van der Waals surface area contributed by atoms with E-state index >= 15 is 0 Å². The third-order valence-electron chi connectivity index (χ3n) is 1.58. The van der Waals surface area contributed by atoms with Gasteiger partial charge in [0.25, 0.3) is 0 Å². The van der Waals surface area contributed by atoms with Crippen molar-refractivity contribution < 1.29 is 19.1 Å². The van der Waals surface area contributed by atoms with E-state index in [-0.39, 0.29) is 18.8 Å². The molecule has 1 atom stereocenters. The molecule has 0 aliphatic carbocycles. The molecule has 1 heterocycles. The summed E-state index contributed by atoms with van der Waals surface area (Å²) in [6.45, 7) is 1.37. The summed E-state index contributed by atoms with van der Waals surface area (Å²) in [5.74, 6) is -2.58. The molecule has 1 aliphatic heterocycles. The highest BCUT2D eigenvalue weighted by molar-refractivity contribution is 6.20. The first-order chi connectivity index (χ1) is 5.16. The van der Waals surface area contributed by atoms with Gasteiger partial charge in [-0.15, -0.1) is 0 Å². The van der Waals surface area contributed by atoms with Gasteiger partial charge in [0.2, 0.25) is 0 Å². The number of carbonyl (C=O) groups is 3. The molecule has 0 saturated carbocycles. The molecule has 1 unspecified atom stereocenters. The third kappa shape index (κ3) is 1.29. The Morgan fingerprint density at radius 2 is 2.27 bits per heavy atom. The summed E-state index contributed by atoms with van der Waals surface area (Å²) in [5, 5.41) is 0. The SMILES string of the molecule is CCC(=O)C1C(=O)COC1=O. The van der Waals surface area contributed by atoms with Gasteiger partial charge < -0.3 is 4.74 Å². The smallest absolute Gasteiger partial charge is 0.324 e. The molecule has 4 nitrogen and oxygen atoms in total. The van der Waals surface area contributed by atoms with E-state index in [1.807, 2.05) is 0 Å². The number of Topliss-reactive ketones (excluding diaryl/α,β-unsaturated/α-hetero) is 2. The maximum atomic E-state index is 10.9. The van der Waals surface area contributed by atoms with Crippen LogP contribution in [0.2, 0.25) is 0 Å². The summed E-state index contributed by atoms with van der Waals surface area (Å²) in [7, 11) is 0. The Bertz CT molecular complexity index is 202. The highest BCUT2D eigenvalue weighted by atomic mass is 16.5. The second-order valence-corrected chi connectivity index (χ2v) is 2.33. The summed E-state index contributed by atoms with van der Waals surface area (Å²) >= 11 is 0. The maximum Gasteiger partial charge on any atom is 0.324 e. The number of ether oxygens (including phenoxy) is 1. The van der Waals surface area contributed by atoms with Gasteiger partial charge in [-0.1, -0.05) is 6.92 Å². The first kappa shape index (κ1) is 7.91. The van der Waals surface area contributed by atoms with Crippen molar-refractivity contribution in [3.63, 3.8) is 0 Å². The molecule has 1 saturated heterocycles. The molecular weight excluding hydrogens is 148 g/mol. The lowest BCUT2D eigenvalue weighted by molar-refractivity contribution is -0.144. The largest absolute Gasteiger partial charge is 0.457 e. The van der Waals surface area contributed by atoms with Gasteiger partial charge in [0.15, 0.2) is 24.1 Å². The van der Waals surface area contributed by atoms with Gasteiger partial charge in [-0.2, -0.15) is 0 Å². The van der Waals surface area contributed by atoms with E-state index in [9.17, 15) is 14.4 Å². The first-order valence-electron chi connectivity index (χ1n) is 3.39. The fourth-order valence-corrected chi connectivity index (χ4v) is 0.955. The minimum Gasteiger partial charge on any atom is -0.457 e. The summed E-state index contributed by atoms with van der Waals surface area (Å²) in [6, 6.07) is 0. The molecular formula is C7H8O4. The van der Waals surface area contributed by atoms with Crippen LogP contribution < -0.4 is 0 Å². The Balaban J connectivity index is 2.76. The quantitative estimate of drug-likeness (QED) is 0.407. The van der Waals surface area contributed by atoms with Crippen molar-refractivity contribution in [1.29, 1.82) is 0 Å². The summed E-state index contributed by atoms with van der Waals surface area (Å²) in [4.78, 5) is 32.5. The molecule has 0 amide bonds. The van der Waals surface area contributed by atoms with Gasteiger partial charge in [-0.05, 0) is 0 Å². The fourth-order valence-electron chi connectivity index (χ4n) is 0.955. The molecule has 60 valence electrons. The van der Waals surface area contributed by atoms with Gasteiger partial charge in [0.1, 0.15) is 0 Å². The van der Waals surface area contributed by atoms with Crippen LogP contribution in [0, 0.1) is 5.92 Å². The molecule has 0 radical (unpaired) electrons. The van der Waals surface area contributed by atoms with E-state index in [0.717, 1.165) is 0 Å². The molecule has 1 aliphatic rings. The van der Waals surface area contributed by atoms with E-state index in [2.05, 4.69) is 4.74 Å². The zero-order chi connectivity index (χ0) is 8.43. The van der Waals surface area contributed by atoms with E-state index in [1.165, 1.54) is 0 Å². The van der Waals surface area contributed by atoms with Gasteiger partial charge in [0.05, 0.1) is 0 Å². The van der Waals surface area contributed by atoms with Crippen LogP contribution >= 0.6 is 0 Å². The standard InChI is InChI=1S/C7H8O4/c1-2-4(8)6-5(9)3-11-7(6)10/h6H,2-3H2,1H3. The van der Waals surface area contributed by atoms with Crippen molar-refractivity contribution >= 4 is 17.5 Å². The molecule has 0 bridgehead atoms. The molecule has 0 spiro atoms. The lowest BCUT2D eigenvalue weighted by Gasteiger charge is -1.97. The van der Waals surface area contributed by atoms with E-state index in [4.69, 9.17) is 0 Å². The van der Waals surface area contributed by atoms with Crippen LogP contribution in [-0.4, -0.2) is 24.1 Å². The van der Waals surface area contributed by atoms with Gasteiger partial charge in [-0.3, -0.25) is 14.4 Å². The molecule has 1 fully saturated rings. The zero-order valence-corrected chi connectivity index (χ0v) is 6.12. The van der Waals surface area contributed by atoms with Crippen LogP contribution in [0.5, 0.6) is 0 Å². The Morgan fingerprint density at radius 3 is 2.64 bits per heavy atom. The topological polar surface area (TPSA) is 60.4 Å². The van der Waals surface area contributed by atoms with Gasteiger partial charge in [0, 0.05) is 6.42 Å². The number of hydrogen-bond acceptors (Lipinski definition) is 4. The van der Waals surface area contributed by atoms with E-state index in [0.29, 0.717) is 0 Å². The molecule has 0 aromatic heterocycles. The predicted octanol–water partition coefficient (Wildman–Crippen LogP) is -0.292. The number of ketones is 2. The Labute approximate surface area is 63.5 Å². The number of carbonyl (C=O) groups excluding carboxylic acids is 3. The van der Waals surface area contributed by atoms with Crippen LogP contribution in [-0.2, 0) is 19.1 Å². The van der Waals surface area contributed by atoms with Crippen molar-refractivity contribution in [2.45, 2.75) is 13.3 Å². The number of cyclic esters (lactones) is 1. The number of hydrogen-bond donors (Lipinski definition) is 0. The first-order valence-corrected chi connectivity index (χ1v) is 3.39. The highest BCUT2D eigenvalue weighted by Gasteiger charge is 2.39. The molecule has 0 aromatic rings. The van der Waals surface area contributed by atoms with E-state index < -0.39 is 17.7 Å².